The van der Waals surface area contributed by atoms with Gasteiger partial charge in [-0.25, -0.2) is 9.59 Å². The zero-order valence-corrected chi connectivity index (χ0v) is 24.8. The van der Waals surface area contributed by atoms with Crippen LogP contribution in [0.3, 0.4) is 0 Å². The molecule has 1 N–H and O–H groups in total. The van der Waals surface area contributed by atoms with Gasteiger partial charge in [-0.3, -0.25) is 0 Å². The molecule has 2 aliphatic heterocycles. The molecular weight excluding hydrogens is 562 g/mol. The van der Waals surface area contributed by atoms with E-state index in [1.54, 1.807) is 0 Å². The number of carbonyl (C=O) groups is 2. The molecule has 2 saturated heterocycles. The van der Waals surface area contributed by atoms with Gasteiger partial charge in [-0.1, -0.05) is 97.1 Å². The van der Waals surface area contributed by atoms with Crippen LogP contribution in [0.4, 0.5) is 9.59 Å². The Labute approximate surface area is 262 Å². The Morgan fingerprint density at radius 1 is 0.689 bits per heavy atom. The van der Waals surface area contributed by atoms with E-state index in [9.17, 15) is 14.9 Å². The second-order valence-electron chi connectivity index (χ2n) is 12.6. The monoisotopic (exact) mass is 595 g/mol. The summed E-state index contributed by atoms with van der Waals surface area (Å²) in [5, 5.41) is 13.2. The molecule has 8 rings (SSSR count). The van der Waals surface area contributed by atoms with Gasteiger partial charge in [-0.15, -0.1) is 0 Å². The normalized spacial score (nSPS) is 22.5. The van der Waals surface area contributed by atoms with Crippen LogP contribution < -0.4 is 5.32 Å². The number of benzene rings is 4. The number of fused-ring (bicyclic) bond motifs is 8. The van der Waals surface area contributed by atoms with E-state index in [0.717, 1.165) is 35.1 Å². The summed E-state index contributed by atoms with van der Waals surface area (Å²) in [7, 11) is 0. The summed E-state index contributed by atoms with van der Waals surface area (Å²) >= 11 is 0. The fourth-order valence-corrected chi connectivity index (χ4v) is 8.27. The number of ether oxygens (including phenoxy) is 2. The van der Waals surface area contributed by atoms with Crippen LogP contribution >= 0.6 is 0 Å². The van der Waals surface area contributed by atoms with Gasteiger partial charge in [-0.05, 0) is 57.3 Å². The highest BCUT2D eigenvalue weighted by atomic mass is 16.6. The largest absolute Gasteiger partial charge is 0.449 e. The minimum atomic E-state index is -1.10. The third kappa shape index (κ3) is 4.55. The lowest BCUT2D eigenvalue weighted by atomic mass is 9.84. The van der Waals surface area contributed by atoms with Gasteiger partial charge in [0.25, 0.3) is 0 Å². The summed E-state index contributed by atoms with van der Waals surface area (Å²) in [4.78, 5) is 28.5. The average molecular weight is 596 g/mol. The second-order valence-corrected chi connectivity index (χ2v) is 12.6. The highest BCUT2D eigenvalue weighted by Crippen LogP contribution is 2.46. The maximum atomic E-state index is 13.5. The predicted molar refractivity (Wildman–Crippen MR) is 170 cm³/mol. The third-order valence-corrected chi connectivity index (χ3v) is 10.2. The molecule has 0 spiro atoms. The smallest absolute Gasteiger partial charge is 0.410 e. The van der Waals surface area contributed by atoms with E-state index < -0.39 is 11.6 Å². The summed E-state index contributed by atoms with van der Waals surface area (Å²) in [5.74, 6) is -0.0787. The van der Waals surface area contributed by atoms with Crippen molar-refractivity contribution in [3.63, 3.8) is 0 Å². The van der Waals surface area contributed by atoms with Crippen molar-refractivity contribution in [3.8, 4) is 28.3 Å². The van der Waals surface area contributed by atoms with Crippen LogP contribution in [0.15, 0.2) is 97.1 Å². The first-order chi connectivity index (χ1) is 22.0. The van der Waals surface area contributed by atoms with Crippen molar-refractivity contribution < 1.29 is 19.1 Å². The molecule has 4 aromatic rings. The molecule has 2 unspecified atom stereocenters. The Morgan fingerprint density at radius 2 is 1.09 bits per heavy atom. The molecule has 2 atom stereocenters. The van der Waals surface area contributed by atoms with Crippen molar-refractivity contribution in [1.29, 1.82) is 5.26 Å². The van der Waals surface area contributed by atoms with E-state index in [0.29, 0.717) is 12.8 Å². The van der Waals surface area contributed by atoms with Crippen LogP contribution in [0.25, 0.3) is 22.3 Å². The molecule has 2 amide bonds. The van der Waals surface area contributed by atoms with Gasteiger partial charge in [0.05, 0.1) is 6.07 Å². The number of alkyl carbamates (subject to hydrolysis) is 1. The molecule has 4 aromatic carbocycles. The number of piperidine rings is 1. The van der Waals surface area contributed by atoms with E-state index in [2.05, 4.69) is 59.9 Å². The fourth-order valence-electron chi connectivity index (χ4n) is 8.27. The number of nitriles is 1. The lowest BCUT2D eigenvalue weighted by molar-refractivity contribution is 0.0503. The van der Waals surface area contributed by atoms with E-state index in [4.69, 9.17) is 9.47 Å². The maximum absolute atomic E-state index is 13.5. The zero-order valence-electron chi connectivity index (χ0n) is 24.8. The van der Waals surface area contributed by atoms with Crippen molar-refractivity contribution in [2.75, 3.05) is 13.2 Å². The number of nitrogens with zero attached hydrogens (tertiary/aromatic N) is 2. The van der Waals surface area contributed by atoms with Crippen molar-refractivity contribution in [2.24, 2.45) is 0 Å². The summed E-state index contributed by atoms with van der Waals surface area (Å²) < 4.78 is 11.8. The Morgan fingerprint density at radius 3 is 1.51 bits per heavy atom. The molecule has 2 aliphatic carbocycles. The second kappa shape index (κ2) is 10.8. The van der Waals surface area contributed by atoms with Crippen LogP contribution in [0.1, 0.15) is 59.8 Å². The summed E-state index contributed by atoms with van der Waals surface area (Å²) in [6, 6.07) is 35.0. The van der Waals surface area contributed by atoms with Gasteiger partial charge in [-0.2, -0.15) is 5.26 Å². The Hall–Kier alpha value is -5.09. The first kappa shape index (κ1) is 27.5. The van der Waals surface area contributed by atoms with Gasteiger partial charge in [0.2, 0.25) is 0 Å². The van der Waals surface area contributed by atoms with Crippen LogP contribution in [-0.4, -0.2) is 47.9 Å². The molecule has 0 radical (unpaired) electrons. The molecule has 2 heterocycles. The molecule has 0 saturated carbocycles. The van der Waals surface area contributed by atoms with Crippen LogP contribution in [-0.2, 0) is 9.47 Å². The van der Waals surface area contributed by atoms with Gasteiger partial charge in [0, 0.05) is 36.8 Å². The molecule has 224 valence electrons. The van der Waals surface area contributed by atoms with Gasteiger partial charge in [0.15, 0.2) is 0 Å². The lowest BCUT2D eigenvalue weighted by Crippen LogP contribution is -2.59. The van der Waals surface area contributed by atoms with E-state index >= 15 is 0 Å². The van der Waals surface area contributed by atoms with Crippen molar-refractivity contribution in [2.45, 2.75) is 55.1 Å². The zero-order chi connectivity index (χ0) is 30.5. The van der Waals surface area contributed by atoms with Gasteiger partial charge >= 0.3 is 12.2 Å². The fraction of sp³-hybridized carbons (Fsp3) is 0.289. The van der Waals surface area contributed by atoms with Gasteiger partial charge in [0.1, 0.15) is 18.8 Å². The SMILES string of the molecule is N#CC1(NC(=O)OCC2c3ccccc3-c3ccccc32)CC2CCC(C1)N2C(=O)OCC1c2ccccc2-c2ccccc21. The maximum Gasteiger partial charge on any atom is 0.410 e. The Kier molecular flexibility index (Phi) is 6.60. The minimum absolute atomic E-state index is 0.0165. The standard InChI is InChI=1S/C38H33N3O4/c39-23-38(40-36(42)44-21-34-30-13-5-1-9-26(30)27-10-2-6-14-31(27)34)19-24-17-18-25(20-38)41(24)37(43)45-22-35-32-15-7-3-11-28(32)29-12-4-8-16-33(29)35/h1-16,24-25,34-35H,17-22H2,(H,40,42). The summed E-state index contributed by atoms with van der Waals surface area (Å²) in [5.41, 5.74) is 8.20. The average Bonchev–Trinajstić information content (AvgIpc) is 3.68. The van der Waals surface area contributed by atoms with Crippen LogP contribution in [0.2, 0.25) is 0 Å². The molecule has 7 heteroatoms. The predicted octanol–water partition coefficient (Wildman–Crippen LogP) is 7.36. The van der Waals surface area contributed by atoms with Crippen molar-refractivity contribution >= 4 is 12.2 Å². The molecule has 4 aliphatic rings. The topological polar surface area (TPSA) is 91.7 Å². The Bertz CT molecular complexity index is 1760. The number of amides is 2. The summed E-state index contributed by atoms with van der Waals surface area (Å²) in [6.07, 6.45) is 1.27. The first-order valence-corrected chi connectivity index (χ1v) is 15.7. The minimum Gasteiger partial charge on any atom is -0.449 e. The van der Waals surface area contributed by atoms with Gasteiger partial charge < -0.3 is 19.7 Å². The molecule has 7 nitrogen and oxygen atoms in total. The van der Waals surface area contributed by atoms with Crippen molar-refractivity contribution in [1.82, 2.24) is 10.2 Å². The molecule has 45 heavy (non-hydrogen) atoms. The van der Waals surface area contributed by atoms with Crippen LogP contribution in [0.5, 0.6) is 0 Å². The molecule has 2 bridgehead atoms. The molecule has 2 fully saturated rings. The highest BCUT2D eigenvalue weighted by Gasteiger charge is 2.52. The first-order valence-electron chi connectivity index (χ1n) is 15.7. The van der Waals surface area contributed by atoms with E-state index in [1.807, 2.05) is 53.4 Å². The third-order valence-electron chi connectivity index (χ3n) is 10.2. The lowest BCUT2D eigenvalue weighted by Gasteiger charge is -2.42. The van der Waals surface area contributed by atoms with E-state index in [-0.39, 0.29) is 43.2 Å². The van der Waals surface area contributed by atoms with Crippen molar-refractivity contribution in [3.05, 3.63) is 119 Å². The van der Waals surface area contributed by atoms with Crippen LogP contribution in [0, 0.1) is 11.3 Å². The van der Waals surface area contributed by atoms with E-state index in [1.165, 1.54) is 22.3 Å². The molecule has 0 aromatic heterocycles. The highest BCUT2D eigenvalue weighted by molar-refractivity contribution is 5.80. The Balaban J connectivity index is 0.918. The number of hydrogen-bond acceptors (Lipinski definition) is 5. The number of nitrogens with one attached hydrogen (secondary N) is 1. The molecular formula is C38H33N3O4. The number of rotatable bonds is 5. The quantitative estimate of drug-likeness (QED) is 0.260. The summed E-state index contributed by atoms with van der Waals surface area (Å²) in [6.45, 7) is 0.435. The number of carbonyl (C=O) groups excluding carboxylic acids is 2. The number of hydrogen-bond donors (Lipinski definition) is 1.